The standard InChI is InChI=1S/2C16H12.2CH3.2ClH.Sn.Zr/c2*1-12-10-14-8-5-9-15(16(14)11-12)13-6-3-2-4-7-13;;;;;;/h2*2-10H,1H3;2*1H3;2*1H;;/q;;;;;;;+2/p-2. The molecule has 188 valence electrons. The van der Waals surface area contributed by atoms with Crippen molar-refractivity contribution in [2.45, 2.75) is 31.0 Å². The Hall–Kier alpha value is -1.38. The first kappa shape index (κ1) is 28.2. The Morgan fingerprint density at radius 1 is 0.526 bits per heavy atom. The third-order valence-electron chi connectivity index (χ3n) is 8.72. The van der Waals surface area contributed by atoms with Crippen molar-refractivity contribution in [2.75, 3.05) is 0 Å². The third-order valence-corrected chi connectivity index (χ3v) is 24.8. The van der Waals surface area contributed by atoms with Crippen LogP contribution >= 0.6 is 0 Å². The van der Waals surface area contributed by atoms with E-state index in [2.05, 4.69) is 121 Å². The zero-order valence-corrected chi connectivity index (χ0v) is 29.0. The number of benzene rings is 4. The summed E-state index contributed by atoms with van der Waals surface area (Å²) in [6, 6.07) is 36.6. The van der Waals surface area contributed by atoms with Crippen molar-refractivity contribution < 1.29 is 48.0 Å². The van der Waals surface area contributed by atoms with Crippen LogP contribution in [0.15, 0.2) is 108 Å². The van der Waals surface area contributed by atoms with Gasteiger partial charge in [-0.1, -0.05) is 0 Å². The summed E-state index contributed by atoms with van der Waals surface area (Å²) in [5.74, 6) is 0. The molecule has 4 aromatic rings. The first-order valence-corrected chi connectivity index (χ1v) is 24.4. The van der Waals surface area contributed by atoms with Gasteiger partial charge in [0.2, 0.25) is 0 Å². The maximum Gasteiger partial charge on any atom is -1.00 e. The van der Waals surface area contributed by atoms with Gasteiger partial charge in [-0.05, 0) is 0 Å². The van der Waals surface area contributed by atoms with Gasteiger partial charge in [-0.25, -0.2) is 0 Å². The molecule has 0 fully saturated rings. The first-order valence-electron chi connectivity index (χ1n) is 13.0. The minimum atomic E-state index is -3.02. The van der Waals surface area contributed by atoms with Crippen molar-refractivity contribution in [3.05, 3.63) is 130 Å². The van der Waals surface area contributed by atoms with E-state index in [4.69, 9.17) is 0 Å². The van der Waals surface area contributed by atoms with Crippen LogP contribution in [0.4, 0.5) is 0 Å². The Kier molecular flexibility index (Phi) is 7.82. The molecule has 4 heteroatoms. The molecule has 0 aromatic heterocycles. The minimum Gasteiger partial charge on any atom is -1.00 e. The Balaban J connectivity index is 0.00000147. The SMILES string of the molecule is CC1=[C]2c3c(-c4ccccc4)cccc3[CH]1[Zr+2][CH]1C(C)=[C](c3c(-c4ccccc4)cccc31)[Sn]2([CH3])[CH3].[Cl-].[Cl-]. The molecular weight excluding hydrogens is 689 g/mol. The molecule has 0 nitrogen and oxygen atoms in total. The molecule has 4 bridgehead atoms. The molecule has 7 rings (SSSR count). The van der Waals surface area contributed by atoms with E-state index in [1.54, 1.807) is 40.6 Å². The van der Waals surface area contributed by atoms with Crippen LogP contribution in [0.3, 0.4) is 0 Å². The number of allylic oxidation sites excluding steroid dienone is 2. The predicted octanol–water partition coefficient (Wildman–Crippen LogP) is 3.27. The predicted molar refractivity (Wildman–Crippen MR) is 152 cm³/mol. The zero-order chi connectivity index (χ0) is 24.6. The largest absolute Gasteiger partial charge is 1.00 e. The summed E-state index contributed by atoms with van der Waals surface area (Å²) in [6.07, 6.45) is 0. The Bertz CT molecular complexity index is 1480. The molecule has 1 heterocycles. The Labute approximate surface area is 254 Å². The smallest absolute Gasteiger partial charge is 1.00 e. The van der Waals surface area contributed by atoms with Gasteiger partial charge in [0.05, 0.1) is 0 Å². The zero-order valence-electron chi connectivity index (χ0n) is 22.1. The van der Waals surface area contributed by atoms with Crippen molar-refractivity contribution in [3.63, 3.8) is 0 Å². The van der Waals surface area contributed by atoms with E-state index in [9.17, 15) is 0 Å². The first-order chi connectivity index (χ1) is 17.5. The molecule has 4 aromatic carbocycles. The molecule has 0 amide bonds. The van der Waals surface area contributed by atoms with Gasteiger partial charge < -0.3 is 24.8 Å². The van der Waals surface area contributed by atoms with E-state index >= 15 is 0 Å². The van der Waals surface area contributed by atoms with Crippen LogP contribution in [0.1, 0.15) is 43.4 Å². The van der Waals surface area contributed by atoms with E-state index in [1.165, 1.54) is 22.3 Å². The summed E-state index contributed by atoms with van der Waals surface area (Å²) in [7, 11) is 0. The molecular formula is C34H30Cl2SnZr. The number of fused-ring (bicyclic) bond motifs is 8. The van der Waals surface area contributed by atoms with E-state index < -0.39 is 41.6 Å². The van der Waals surface area contributed by atoms with Crippen LogP contribution in [0.25, 0.3) is 29.4 Å². The molecule has 3 aliphatic rings. The van der Waals surface area contributed by atoms with Crippen LogP contribution in [-0.2, 0) is 23.2 Å². The maximum atomic E-state index is 2.71. The number of hydrogen-bond donors (Lipinski definition) is 0. The molecule has 0 spiro atoms. The molecule has 0 radical (unpaired) electrons. The Morgan fingerprint density at radius 3 is 1.32 bits per heavy atom. The fourth-order valence-corrected chi connectivity index (χ4v) is 26.6. The summed E-state index contributed by atoms with van der Waals surface area (Å²) in [5.41, 5.74) is 15.7. The van der Waals surface area contributed by atoms with E-state index in [-0.39, 0.29) is 24.8 Å². The van der Waals surface area contributed by atoms with Gasteiger partial charge in [0.25, 0.3) is 0 Å². The van der Waals surface area contributed by atoms with Crippen molar-refractivity contribution in [3.8, 4) is 22.3 Å². The second-order valence-electron chi connectivity index (χ2n) is 11.0. The maximum absolute atomic E-state index is 3.02. The molecule has 2 unspecified atom stereocenters. The van der Waals surface area contributed by atoms with E-state index in [0.717, 1.165) is 0 Å². The minimum absolute atomic E-state index is 0. The van der Waals surface area contributed by atoms with Crippen LogP contribution in [0, 0.1) is 0 Å². The molecule has 2 atom stereocenters. The van der Waals surface area contributed by atoms with Gasteiger partial charge in [-0.3, -0.25) is 0 Å². The van der Waals surface area contributed by atoms with Crippen molar-refractivity contribution in [1.82, 2.24) is 0 Å². The van der Waals surface area contributed by atoms with Crippen LogP contribution in [-0.4, -0.2) is 18.4 Å². The summed E-state index contributed by atoms with van der Waals surface area (Å²) in [4.78, 5) is 5.43. The number of hydrogen-bond acceptors (Lipinski definition) is 0. The van der Waals surface area contributed by atoms with Crippen molar-refractivity contribution in [1.29, 1.82) is 0 Å². The van der Waals surface area contributed by atoms with Crippen LogP contribution in [0.5, 0.6) is 0 Å². The molecule has 38 heavy (non-hydrogen) atoms. The van der Waals surface area contributed by atoms with Gasteiger partial charge in [0.1, 0.15) is 0 Å². The molecule has 0 N–H and O–H groups in total. The second-order valence-corrected chi connectivity index (χ2v) is 26.8. The third kappa shape index (κ3) is 4.02. The monoisotopic (exact) mass is 718 g/mol. The average molecular weight is 719 g/mol. The fraction of sp³-hybridized carbons (Fsp3) is 0.176. The second kappa shape index (κ2) is 10.5. The summed E-state index contributed by atoms with van der Waals surface area (Å²) in [6.45, 7) is 5.02. The van der Waals surface area contributed by atoms with E-state index in [0.29, 0.717) is 7.25 Å². The van der Waals surface area contributed by atoms with Crippen LogP contribution < -0.4 is 24.8 Å². The van der Waals surface area contributed by atoms with Gasteiger partial charge in [0.15, 0.2) is 0 Å². The van der Waals surface area contributed by atoms with Crippen molar-refractivity contribution in [2.24, 2.45) is 0 Å². The quantitative estimate of drug-likeness (QED) is 0.280. The topological polar surface area (TPSA) is 0 Å². The average Bonchev–Trinajstić information content (AvgIpc) is 3.37. The molecule has 2 aliphatic carbocycles. The van der Waals surface area contributed by atoms with Gasteiger partial charge >= 0.3 is 232 Å². The van der Waals surface area contributed by atoms with Gasteiger partial charge in [-0.15, -0.1) is 0 Å². The Morgan fingerprint density at radius 2 is 0.921 bits per heavy atom. The molecule has 0 saturated carbocycles. The fourth-order valence-electron chi connectivity index (χ4n) is 7.38. The molecule has 0 saturated heterocycles. The van der Waals surface area contributed by atoms with Gasteiger partial charge in [0, 0.05) is 0 Å². The molecule has 1 aliphatic heterocycles. The number of rotatable bonds is 2. The van der Waals surface area contributed by atoms with Crippen LogP contribution in [0.2, 0.25) is 9.88 Å². The summed E-state index contributed by atoms with van der Waals surface area (Å²) in [5, 5.41) is 0. The summed E-state index contributed by atoms with van der Waals surface area (Å²) >= 11 is -3.86. The normalized spacial score (nSPS) is 19.7. The van der Waals surface area contributed by atoms with E-state index in [1.807, 2.05) is 0 Å². The van der Waals surface area contributed by atoms with Gasteiger partial charge in [-0.2, -0.15) is 0 Å². The number of halogens is 2. The summed E-state index contributed by atoms with van der Waals surface area (Å²) < 4.78 is 4.97. The van der Waals surface area contributed by atoms with Crippen molar-refractivity contribution >= 4 is 25.6 Å².